The minimum atomic E-state index is -0.488. The van der Waals surface area contributed by atoms with E-state index in [0.717, 1.165) is 12.3 Å². The molecular weight excluding hydrogens is 274 g/mol. The molecule has 116 valence electrons. The molecule has 2 unspecified atom stereocenters. The second-order valence-electron chi connectivity index (χ2n) is 6.08. The van der Waals surface area contributed by atoms with E-state index in [-0.39, 0.29) is 0 Å². The van der Waals surface area contributed by atoms with Gasteiger partial charge in [0.1, 0.15) is 18.5 Å². The first-order chi connectivity index (χ1) is 10.6. The molecule has 0 aromatic heterocycles. The quantitative estimate of drug-likeness (QED) is 0.919. The van der Waals surface area contributed by atoms with E-state index in [1.54, 1.807) is 0 Å². The van der Waals surface area contributed by atoms with E-state index in [4.69, 9.17) is 4.74 Å². The minimum Gasteiger partial charge on any atom is -0.491 e. The molecule has 3 rings (SSSR count). The van der Waals surface area contributed by atoms with Gasteiger partial charge in [-0.25, -0.2) is 0 Å². The van der Waals surface area contributed by atoms with Gasteiger partial charge in [-0.05, 0) is 37.1 Å². The SMILES string of the molecule is Cc1ccc(OCC(O)CN2Cc3ccccc3C2C)cc1. The average molecular weight is 297 g/mol. The van der Waals surface area contributed by atoms with Gasteiger partial charge in [0.2, 0.25) is 0 Å². The van der Waals surface area contributed by atoms with Gasteiger partial charge in [0.15, 0.2) is 0 Å². The Kier molecular flexibility index (Phi) is 4.46. The molecule has 0 aliphatic carbocycles. The van der Waals surface area contributed by atoms with Crippen LogP contribution in [0.25, 0.3) is 0 Å². The summed E-state index contributed by atoms with van der Waals surface area (Å²) in [4.78, 5) is 2.30. The Balaban J connectivity index is 1.52. The summed E-state index contributed by atoms with van der Waals surface area (Å²) in [5.41, 5.74) is 3.94. The van der Waals surface area contributed by atoms with E-state index in [0.29, 0.717) is 19.2 Å². The van der Waals surface area contributed by atoms with Crippen LogP contribution in [0.2, 0.25) is 0 Å². The van der Waals surface area contributed by atoms with Gasteiger partial charge in [0, 0.05) is 19.1 Å². The van der Waals surface area contributed by atoms with Crippen molar-refractivity contribution in [1.82, 2.24) is 4.90 Å². The Labute approximate surface area is 132 Å². The maximum Gasteiger partial charge on any atom is 0.119 e. The predicted octanol–water partition coefficient (Wildman–Crippen LogP) is 3.31. The number of aryl methyl sites for hydroxylation is 1. The lowest BCUT2D eigenvalue weighted by atomic mass is 10.1. The van der Waals surface area contributed by atoms with Crippen molar-refractivity contribution in [3.05, 3.63) is 65.2 Å². The van der Waals surface area contributed by atoms with Crippen LogP contribution in [0.15, 0.2) is 48.5 Å². The van der Waals surface area contributed by atoms with Crippen molar-refractivity contribution in [2.45, 2.75) is 32.5 Å². The third-order valence-electron chi connectivity index (χ3n) is 4.33. The number of hydrogen-bond donors (Lipinski definition) is 1. The molecule has 1 N–H and O–H groups in total. The maximum atomic E-state index is 10.3. The number of benzene rings is 2. The third-order valence-corrected chi connectivity index (χ3v) is 4.33. The minimum absolute atomic E-state index is 0.322. The van der Waals surface area contributed by atoms with Crippen LogP contribution in [0, 0.1) is 6.92 Å². The summed E-state index contributed by atoms with van der Waals surface area (Å²) in [7, 11) is 0. The topological polar surface area (TPSA) is 32.7 Å². The summed E-state index contributed by atoms with van der Waals surface area (Å²) in [5.74, 6) is 0.808. The Morgan fingerprint density at radius 3 is 2.64 bits per heavy atom. The lowest BCUT2D eigenvalue weighted by molar-refractivity contribution is 0.0574. The van der Waals surface area contributed by atoms with Gasteiger partial charge >= 0.3 is 0 Å². The number of β-amino-alcohol motifs (C(OH)–C–C–N with tert-alkyl or cyclic N) is 1. The van der Waals surface area contributed by atoms with Crippen LogP contribution in [0.1, 0.15) is 29.7 Å². The molecular formula is C19H23NO2. The first kappa shape index (κ1) is 15.1. The van der Waals surface area contributed by atoms with Crippen LogP contribution in [0.4, 0.5) is 0 Å². The summed E-state index contributed by atoms with van der Waals surface area (Å²) in [5, 5.41) is 10.3. The highest BCUT2D eigenvalue weighted by molar-refractivity contribution is 5.33. The van der Waals surface area contributed by atoms with Gasteiger partial charge in [0.25, 0.3) is 0 Å². The van der Waals surface area contributed by atoms with Crippen LogP contribution in [0.5, 0.6) is 5.75 Å². The second kappa shape index (κ2) is 6.51. The normalized spacial score (nSPS) is 19.0. The van der Waals surface area contributed by atoms with Gasteiger partial charge in [-0.1, -0.05) is 42.0 Å². The number of nitrogens with zero attached hydrogens (tertiary/aromatic N) is 1. The highest BCUT2D eigenvalue weighted by Gasteiger charge is 2.27. The molecule has 1 heterocycles. The molecule has 0 bridgehead atoms. The van der Waals surface area contributed by atoms with Gasteiger partial charge < -0.3 is 9.84 Å². The summed E-state index contributed by atoms with van der Waals surface area (Å²) in [6.07, 6.45) is -0.488. The average Bonchev–Trinajstić information content (AvgIpc) is 2.83. The van der Waals surface area contributed by atoms with E-state index in [2.05, 4.69) is 36.1 Å². The van der Waals surface area contributed by atoms with Crippen LogP contribution in [0.3, 0.4) is 0 Å². The third kappa shape index (κ3) is 3.32. The van der Waals surface area contributed by atoms with Crippen molar-refractivity contribution >= 4 is 0 Å². The smallest absolute Gasteiger partial charge is 0.119 e. The molecule has 0 amide bonds. The van der Waals surface area contributed by atoms with Crippen molar-refractivity contribution in [2.75, 3.05) is 13.2 Å². The Hall–Kier alpha value is -1.84. The van der Waals surface area contributed by atoms with E-state index < -0.39 is 6.10 Å². The van der Waals surface area contributed by atoms with Crippen molar-refractivity contribution in [3.63, 3.8) is 0 Å². The molecule has 2 aromatic rings. The van der Waals surface area contributed by atoms with Crippen LogP contribution in [-0.2, 0) is 6.54 Å². The Morgan fingerprint density at radius 1 is 1.18 bits per heavy atom. The number of rotatable bonds is 5. The summed E-state index contributed by atoms with van der Waals surface area (Å²) < 4.78 is 5.67. The molecule has 0 saturated carbocycles. The Bertz CT molecular complexity index is 624. The highest BCUT2D eigenvalue weighted by atomic mass is 16.5. The maximum absolute atomic E-state index is 10.3. The molecule has 2 atom stereocenters. The standard InChI is InChI=1S/C19H23NO2/c1-14-7-9-18(10-8-14)22-13-17(21)12-20-11-16-5-3-4-6-19(16)15(20)2/h3-10,15,17,21H,11-13H2,1-2H3. The lowest BCUT2D eigenvalue weighted by Gasteiger charge is -2.24. The first-order valence-corrected chi connectivity index (χ1v) is 7.83. The molecule has 0 spiro atoms. The molecule has 1 aliphatic rings. The molecule has 0 radical (unpaired) electrons. The summed E-state index contributed by atoms with van der Waals surface area (Å²) >= 11 is 0. The summed E-state index contributed by atoms with van der Waals surface area (Å²) in [6.45, 7) is 6.09. The molecule has 1 aliphatic heterocycles. The largest absolute Gasteiger partial charge is 0.491 e. The molecule has 3 heteroatoms. The fraction of sp³-hybridized carbons (Fsp3) is 0.368. The van der Waals surface area contributed by atoms with Crippen LogP contribution < -0.4 is 4.74 Å². The van der Waals surface area contributed by atoms with Crippen molar-refractivity contribution in [2.24, 2.45) is 0 Å². The van der Waals surface area contributed by atoms with E-state index >= 15 is 0 Å². The van der Waals surface area contributed by atoms with Crippen molar-refractivity contribution in [3.8, 4) is 5.75 Å². The number of ether oxygens (including phenoxy) is 1. The molecule has 0 saturated heterocycles. The number of fused-ring (bicyclic) bond motifs is 1. The van der Waals surface area contributed by atoms with Crippen molar-refractivity contribution < 1.29 is 9.84 Å². The zero-order valence-electron chi connectivity index (χ0n) is 13.2. The monoisotopic (exact) mass is 297 g/mol. The number of hydrogen-bond acceptors (Lipinski definition) is 3. The molecule has 0 fully saturated rings. The summed E-state index contributed by atoms with van der Waals surface area (Å²) in [6, 6.07) is 16.8. The zero-order valence-corrected chi connectivity index (χ0v) is 13.2. The number of aliphatic hydroxyl groups excluding tert-OH is 1. The molecule has 3 nitrogen and oxygen atoms in total. The van der Waals surface area contributed by atoms with E-state index in [9.17, 15) is 5.11 Å². The van der Waals surface area contributed by atoms with Gasteiger partial charge in [0.05, 0.1) is 0 Å². The fourth-order valence-electron chi connectivity index (χ4n) is 3.01. The highest BCUT2D eigenvalue weighted by Crippen LogP contribution is 2.32. The molecule has 2 aromatic carbocycles. The second-order valence-corrected chi connectivity index (χ2v) is 6.08. The zero-order chi connectivity index (χ0) is 15.5. The van der Waals surface area contributed by atoms with E-state index in [1.165, 1.54) is 16.7 Å². The van der Waals surface area contributed by atoms with Gasteiger partial charge in [-0.3, -0.25) is 4.90 Å². The number of aliphatic hydroxyl groups is 1. The first-order valence-electron chi connectivity index (χ1n) is 7.83. The van der Waals surface area contributed by atoms with Gasteiger partial charge in [-0.15, -0.1) is 0 Å². The van der Waals surface area contributed by atoms with Crippen molar-refractivity contribution in [1.29, 1.82) is 0 Å². The fourth-order valence-corrected chi connectivity index (χ4v) is 3.01. The van der Waals surface area contributed by atoms with Crippen LogP contribution in [-0.4, -0.2) is 29.3 Å². The lowest BCUT2D eigenvalue weighted by Crippen LogP contribution is -2.33. The Morgan fingerprint density at radius 2 is 1.91 bits per heavy atom. The van der Waals surface area contributed by atoms with Gasteiger partial charge in [-0.2, -0.15) is 0 Å². The van der Waals surface area contributed by atoms with Crippen LogP contribution >= 0.6 is 0 Å². The van der Waals surface area contributed by atoms with E-state index in [1.807, 2.05) is 31.2 Å². The molecule has 22 heavy (non-hydrogen) atoms. The predicted molar refractivity (Wildman–Crippen MR) is 87.9 cm³/mol.